The van der Waals surface area contributed by atoms with Crippen LogP contribution in [0.5, 0.6) is 0 Å². The highest BCUT2D eigenvalue weighted by atomic mass is 127. The molecule has 0 saturated heterocycles. The van der Waals surface area contributed by atoms with Gasteiger partial charge in [0.2, 0.25) is 0 Å². The van der Waals surface area contributed by atoms with Gasteiger partial charge < -0.3 is 0 Å². The highest BCUT2D eigenvalue weighted by Crippen LogP contribution is 2.32. The van der Waals surface area contributed by atoms with Crippen molar-refractivity contribution in [3.63, 3.8) is 0 Å². The van der Waals surface area contributed by atoms with Gasteiger partial charge in [-0.2, -0.15) is 5.26 Å². The summed E-state index contributed by atoms with van der Waals surface area (Å²) >= 11 is 2.26. The van der Waals surface area contributed by atoms with E-state index in [1.54, 1.807) is 0 Å². The van der Waals surface area contributed by atoms with E-state index in [0.29, 0.717) is 9.99 Å². The molecule has 3 heteroatoms. The maximum atomic E-state index is 9.43. The zero-order valence-corrected chi connectivity index (χ0v) is 14.9. The fraction of sp³-hybridized carbons (Fsp3) is 0.100. The van der Waals surface area contributed by atoms with E-state index in [0.717, 1.165) is 28.1 Å². The van der Waals surface area contributed by atoms with Crippen LogP contribution in [-0.2, 0) is 4.43 Å². The molecule has 0 spiro atoms. The second-order valence-electron chi connectivity index (χ2n) is 5.36. The van der Waals surface area contributed by atoms with Crippen molar-refractivity contribution in [2.24, 2.45) is 0 Å². The van der Waals surface area contributed by atoms with Crippen molar-refractivity contribution in [3.8, 4) is 28.5 Å². The third-order valence-electron chi connectivity index (χ3n) is 3.76. The van der Waals surface area contributed by atoms with Crippen LogP contribution in [-0.4, -0.2) is 4.98 Å². The molecule has 3 aromatic rings. The Labute approximate surface area is 150 Å². The first-order chi connectivity index (χ1) is 11.2. The molecule has 23 heavy (non-hydrogen) atoms. The van der Waals surface area contributed by atoms with Gasteiger partial charge in [-0.3, -0.25) is 0 Å². The molecule has 0 fully saturated rings. The summed E-state index contributed by atoms with van der Waals surface area (Å²) in [6, 6.07) is 22.7. The minimum atomic E-state index is 0.647. The van der Waals surface area contributed by atoms with Crippen molar-refractivity contribution in [3.05, 3.63) is 77.5 Å². The van der Waals surface area contributed by atoms with Crippen LogP contribution in [0.2, 0.25) is 0 Å². The number of rotatable bonds is 3. The lowest BCUT2D eigenvalue weighted by Gasteiger charge is -2.12. The molecular weight excluding hydrogens is 395 g/mol. The summed E-state index contributed by atoms with van der Waals surface area (Å²) in [7, 11) is 0. The first kappa shape index (κ1) is 15.7. The Morgan fingerprint density at radius 3 is 2.30 bits per heavy atom. The third-order valence-corrected chi connectivity index (χ3v) is 4.48. The average Bonchev–Trinajstić information content (AvgIpc) is 2.62. The topological polar surface area (TPSA) is 36.7 Å². The van der Waals surface area contributed by atoms with E-state index >= 15 is 0 Å². The van der Waals surface area contributed by atoms with Gasteiger partial charge in [0.25, 0.3) is 0 Å². The zero-order valence-electron chi connectivity index (χ0n) is 12.8. The number of halogens is 1. The SMILES string of the molecule is Cc1ccc(-c2nc(CI)c(C#N)cc2-c2ccccc2)cc1. The Morgan fingerprint density at radius 2 is 1.70 bits per heavy atom. The molecule has 0 aliphatic carbocycles. The second kappa shape index (κ2) is 6.93. The summed E-state index contributed by atoms with van der Waals surface area (Å²) in [5.74, 6) is 0. The normalized spacial score (nSPS) is 10.3. The average molecular weight is 410 g/mol. The summed E-state index contributed by atoms with van der Waals surface area (Å²) in [4.78, 5) is 4.81. The standard InChI is InChI=1S/C20H15IN2/c1-14-7-9-16(10-8-14)20-18(15-5-3-2-4-6-15)11-17(13-22)19(12-21)23-20/h2-11H,12H2,1H3. The third kappa shape index (κ3) is 3.27. The van der Waals surface area contributed by atoms with Crippen LogP contribution in [0.4, 0.5) is 0 Å². The Hall–Kier alpha value is -2.19. The number of nitriles is 1. The highest BCUT2D eigenvalue weighted by Gasteiger charge is 2.14. The molecule has 3 rings (SSSR count). The summed E-state index contributed by atoms with van der Waals surface area (Å²) in [6.07, 6.45) is 0. The monoisotopic (exact) mass is 410 g/mol. The lowest BCUT2D eigenvalue weighted by Crippen LogP contribution is -1.98. The molecule has 2 aromatic carbocycles. The van der Waals surface area contributed by atoms with E-state index < -0.39 is 0 Å². The van der Waals surface area contributed by atoms with E-state index in [2.05, 4.69) is 72.0 Å². The summed E-state index contributed by atoms with van der Waals surface area (Å²) in [5, 5.41) is 9.43. The van der Waals surface area contributed by atoms with Crippen LogP contribution >= 0.6 is 22.6 Å². The number of nitrogens with zero attached hydrogens (tertiary/aromatic N) is 2. The fourth-order valence-corrected chi connectivity index (χ4v) is 3.10. The Morgan fingerprint density at radius 1 is 1.00 bits per heavy atom. The summed E-state index contributed by atoms with van der Waals surface area (Å²) < 4.78 is 0.717. The number of pyridine rings is 1. The van der Waals surface area contributed by atoms with Gasteiger partial charge in [-0.1, -0.05) is 82.8 Å². The van der Waals surface area contributed by atoms with Crippen molar-refractivity contribution in [2.45, 2.75) is 11.4 Å². The predicted octanol–water partition coefficient (Wildman–Crippen LogP) is 5.53. The van der Waals surface area contributed by atoms with Crippen LogP contribution in [0.15, 0.2) is 60.7 Å². The number of benzene rings is 2. The number of alkyl halides is 1. The van der Waals surface area contributed by atoms with E-state index in [9.17, 15) is 5.26 Å². The molecule has 0 unspecified atom stereocenters. The number of hydrogen-bond acceptors (Lipinski definition) is 2. The van der Waals surface area contributed by atoms with Crippen LogP contribution in [0, 0.1) is 18.3 Å². The lowest BCUT2D eigenvalue weighted by molar-refractivity contribution is 1.18. The van der Waals surface area contributed by atoms with Gasteiger partial charge >= 0.3 is 0 Å². The predicted molar refractivity (Wildman–Crippen MR) is 102 cm³/mol. The second-order valence-corrected chi connectivity index (χ2v) is 6.12. The maximum absolute atomic E-state index is 9.43. The van der Waals surface area contributed by atoms with E-state index in [1.165, 1.54) is 5.56 Å². The first-order valence-electron chi connectivity index (χ1n) is 7.35. The molecule has 2 nitrogen and oxygen atoms in total. The van der Waals surface area contributed by atoms with Gasteiger partial charge in [0.05, 0.1) is 17.0 Å². The lowest BCUT2D eigenvalue weighted by atomic mass is 9.96. The Bertz CT molecular complexity index is 863. The summed E-state index contributed by atoms with van der Waals surface area (Å²) in [5.41, 5.74) is 6.79. The molecule has 1 heterocycles. The van der Waals surface area contributed by atoms with Gasteiger partial charge in [-0.15, -0.1) is 0 Å². The Kier molecular flexibility index (Phi) is 4.73. The van der Waals surface area contributed by atoms with Crippen LogP contribution < -0.4 is 0 Å². The van der Waals surface area contributed by atoms with E-state index in [-0.39, 0.29) is 0 Å². The van der Waals surface area contributed by atoms with Crippen LogP contribution in [0.1, 0.15) is 16.8 Å². The molecule has 0 saturated carbocycles. The molecule has 0 radical (unpaired) electrons. The molecule has 0 aliphatic rings. The number of hydrogen-bond donors (Lipinski definition) is 0. The molecule has 0 amide bonds. The molecule has 1 aromatic heterocycles. The minimum absolute atomic E-state index is 0.647. The smallest absolute Gasteiger partial charge is 0.101 e. The van der Waals surface area contributed by atoms with Crippen molar-refractivity contribution in [1.29, 1.82) is 5.26 Å². The molecule has 0 N–H and O–H groups in total. The van der Waals surface area contributed by atoms with Gasteiger partial charge in [0, 0.05) is 15.6 Å². The maximum Gasteiger partial charge on any atom is 0.101 e. The largest absolute Gasteiger partial charge is 0.250 e. The van der Waals surface area contributed by atoms with E-state index in [1.807, 2.05) is 24.3 Å². The Balaban J connectivity index is 2.28. The van der Waals surface area contributed by atoms with Gasteiger partial charge in [0.1, 0.15) is 6.07 Å². The van der Waals surface area contributed by atoms with Gasteiger partial charge in [-0.05, 0) is 18.6 Å². The number of aryl methyl sites for hydroxylation is 1. The minimum Gasteiger partial charge on any atom is -0.250 e. The van der Waals surface area contributed by atoms with Gasteiger partial charge in [-0.25, -0.2) is 4.98 Å². The van der Waals surface area contributed by atoms with Crippen molar-refractivity contribution >= 4 is 22.6 Å². The molecular formula is C20H15IN2. The first-order valence-corrected chi connectivity index (χ1v) is 8.88. The van der Waals surface area contributed by atoms with Crippen molar-refractivity contribution in [2.75, 3.05) is 0 Å². The van der Waals surface area contributed by atoms with E-state index in [4.69, 9.17) is 4.98 Å². The van der Waals surface area contributed by atoms with Crippen LogP contribution in [0.25, 0.3) is 22.4 Å². The fourth-order valence-electron chi connectivity index (χ4n) is 2.52. The van der Waals surface area contributed by atoms with Crippen molar-refractivity contribution < 1.29 is 0 Å². The molecule has 112 valence electrons. The molecule has 0 bridgehead atoms. The molecule has 0 aliphatic heterocycles. The molecule has 0 atom stereocenters. The van der Waals surface area contributed by atoms with Crippen molar-refractivity contribution in [1.82, 2.24) is 4.98 Å². The van der Waals surface area contributed by atoms with Crippen LogP contribution in [0.3, 0.4) is 0 Å². The highest BCUT2D eigenvalue weighted by molar-refractivity contribution is 14.1. The zero-order chi connectivity index (χ0) is 16.2. The quantitative estimate of drug-likeness (QED) is 0.421. The number of aromatic nitrogens is 1. The van der Waals surface area contributed by atoms with Gasteiger partial charge in [0.15, 0.2) is 0 Å². The summed E-state index contributed by atoms with van der Waals surface area (Å²) in [6.45, 7) is 2.07.